The smallest absolute Gasteiger partial charge is 0.269 e. The Morgan fingerprint density at radius 1 is 1.70 bits per heavy atom. The summed E-state index contributed by atoms with van der Waals surface area (Å²) >= 11 is 3.06. The molecule has 1 aromatic rings. The maximum absolute atomic E-state index is 10.7. The molecule has 0 saturated heterocycles. The van der Waals surface area contributed by atoms with Crippen LogP contribution in [0.25, 0.3) is 0 Å². The Balaban J connectivity index is 3.22. The Morgan fingerprint density at radius 3 is 2.90 bits per heavy atom. The van der Waals surface area contributed by atoms with Gasteiger partial charge in [-0.15, -0.1) is 0 Å². The van der Waals surface area contributed by atoms with Crippen LogP contribution in [-0.4, -0.2) is 14.9 Å². The van der Waals surface area contributed by atoms with Crippen molar-refractivity contribution in [3.63, 3.8) is 0 Å². The first-order chi connectivity index (χ1) is 4.74. The molecule has 0 amide bonds. The van der Waals surface area contributed by atoms with Gasteiger partial charge in [-0.1, -0.05) is 0 Å². The quantitative estimate of drug-likeness (QED) is 0.699. The summed E-state index contributed by atoms with van der Waals surface area (Å²) in [5.74, 6) is 0. The van der Waals surface area contributed by atoms with Crippen molar-refractivity contribution in [2.75, 3.05) is 0 Å². The monoisotopic (exact) mass is 204 g/mol. The molecule has 0 unspecified atom stereocenters. The third-order valence-corrected chi connectivity index (χ3v) is 1.39. The minimum Gasteiger partial charge on any atom is -0.374 e. The van der Waals surface area contributed by atoms with Crippen molar-refractivity contribution < 1.29 is 5.11 Å². The Bertz CT molecular complexity index is 283. The number of hydrogen-bond acceptors (Lipinski definition) is 3. The third-order valence-electron chi connectivity index (χ3n) is 0.968. The van der Waals surface area contributed by atoms with E-state index in [2.05, 4.69) is 21.0 Å². The van der Waals surface area contributed by atoms with Crippen LogP contribution in [0, 0.1) is 0 Å². The number of aliphatic hydroxyl groups is 1. The average Bonchev–Trinajstić information content (AvgIpc) is 1.94. The van der Waals surface area contributed by atoms with E-state index in [1.54, 1.807) is 0 Å². The summed E-state index contributed by atoms with van der Waals surface area (Å²) in [7, 11) is 0. The molecular formula is C5H5BrN2O2. The van der Waals surface area contributed by atoms with Gasteiger partial charge in [0.1, 0.15) is 11.3 Å². The van der Waals surface area contributed by atoms with Crippen molar-refractivity contribution in [3.05, 3.63) is 27.1 Å². The highest BCUT2D eigenvalue weighted by Crippen LogP contribution is 1.98. The van der Waals surface area contributed by atoms with Crippen molar-refractivity contribution in [1.29, 1.82) is 0 Å². The van der Waals surface area contributed by atoms with Crippen molar-refractivity contribution in [2.45, 2.75) is 6.73 Å². The van der Waals surface area contributed by atoms with Gasteiger partial charge < -0.3 is 5.11 Å². The second-order valence-corrected chi connectivity index (χ2v) is 2.45. The summed E-state index contributed by atoms with van der Waals surface area (Å²) in [6.45, 7) is -0.391. The van der Waals surface area contributed by atoms with E-state index >= 15 is 0 Å². The Hall–Kier alpha value is -0.680. The minimum atomic E-state index is -0.391. The molecule has 1 aromatic heterocycles. The second kappa shape index (κ2) is 2.94. The van der Waals surface area contributed by atoms with E-state index in [0.29, 0.717) is 4.60 Å². The van der Waals surface area contributed by atoms with Gasteiger partial charge in [-0.05, 0) is 22.0 Å². The van der Waals surface area contributed by atoms with Crippen molar-refractivity contribution in [2.24, 2.45) is 0 Å². The number of rotatable bonds is 1. The molecule has 10 heavy (non-hydrogen) atoms. The first-order valence-corrected chi connectivity index (χ1v) is 3.38. The average molecular weight is 205 g/mol. The van der Waals surface area contributed by atoms with Crippen molar-refractivity contribution in [3.8, 4) is 0 Å². The number of aliphatic hydroxyl groups excluding tert-OH is 1. The van der Waals surface area contributed by atoms with Gasteiger partial charge in [-0.3, -0.25) is 4.79 Å². The van der Waals surface area contributed by atoms with Crippen LogP contribution < -0.4 is 5.56 Å². The zero-order chi connectivity index (χ0) is 7.56. The van der Waals surface area contributed by atoms with Crippen LogP contribution in [0.15, 0.2) is 21.5 Å². The van der Waals surface area contributed by atoms with Gasteiger partial charge in [-0.25, -0.2) is 4.68 Å². The molecule has 0 aliphatic carbocycles. The molecular weight excluding hydrogens is 200 g/mol. The lowest BCUT2D eigenvalue weighted by molar-refractivity contribution is 0.188. The lowest BCUT2D eigenvalue weighted by atomic mass is 10.6. The first kappa shape index (κ1) is 7.43. The van der Waals surface area contributed by atoms with E-state index in [-0.39, 0.29) is 5.56 Å². The van der Waals surface area contributed by atoms with Gasteiger partial charge in [0.2, 0.25) is 0 Å². The molecule has 0 aliphatic rings. The highest BCUT2D eigenvalue weighted by atomic mass is 79.9. The van der Waals surface area contributed by atoms with Crippen LogP contribution >= 0.6 is 15.9 Å². The number of nitrogens with zero attached hydrogens (tertiary/aromatic N) is 2. The summed E-state index contributed by atoms with van der Waals surface area (Å²) < 4.78 is 1.48. The summed E-state index contributed by atoms with van der Waals surface area (Å²) in [5.41, 5.74) is -0.314. The summed E-state index contributed by atoms with van der Waals surface area (Å²) in [5, 5.41) is 12.2. The maximum atomic E-state index is 10.7. The Kier molecular flexibility index (Phi) is 2.18. The SMILES string of the molecule is O=c1ccc(Br)nn1CO. The third kappa shape index (κ3) is 1.43. The zero-order valence-electron chi connectivity index (χ0n) is 4.99. The van der Waals surface area contributed by atoms with Gasteiger partial charge in [0.25, 0.3) is 5.56 Å². The predicted molar refractivity (Wildman–Crippen MR) is 38.4 cm³/mol. The van der Waals surface area contributed by atoms with Gasteiger partial charge >= 0.3 is 0 Å². The fourth-order valence-corrected chi connectivity index (χ4v) is 0.849. The van der Waals surface area contributed by atoms with E-state index in [1.807, 2.05) is 0 Å². The lowest BCUT2D eigenvalue weighted by Crippen LogP contribution is -2.21. The normalized spacial score (nSPS) is 9.80. The fourth-order valence-electron chi connectivity index (χ4n) is 0.525. The Labute approximate surface area is 65.2 Å². The van der Waals surface area contributed by atoms with E-state index in [9.17, 15) is 4.79 Å². The number of hydrogen-bond donors (Lipinski definition) is 1. The maximum Gasteiger partial charge on any atom is 0.269 e. The van der Waals surface area contributed by atoms with Crippen LogP contribution in [0.2, 0.25) is 0 Å². The van der Waals surface area contributed by atoms with E-state index in [4.69, 9.17) is 5.11 Å². The van der Waals surface area contributed by atoms with E-state index in [0.717, 1.165) is 4.68 Å². The zero-order valence-corrected chi connectivity index (χ0v) is 6.58. The molecule has 1 rings (SSSR count). The summed E-state index contributed by atoms with van der Waals surface area (Å²) in [6, 6.07) is 2.85. The van der Waals surface area contributed by atoms with Crippen LogP contribution in [0.4, 0.5) is 0 Å². The molecule has 0 saturated carbocycles. The Morgan fingerprint density at radius 2 is 2.40 bits per heavy atom. The van der Waals surface area contributed by atoms with Gasteiger partial charge in [-0.2, -0.15) is 5.10 Å². The number of halogens is 1. The fraction of sp³-hybridized carbons (Fsp3) is 0.200. The minimum absolute atomic E-state index is 0.314. The molecule has 0 spiro atoms. The molecule has 0 bridgehead atoms. The molecule has 0 aliphatic heterocycles. The molecule has 0 fully saturated rings. The van der Waals surface area contributed by atoms with E-state index < -0.39 is 6.73 Å². The van der Waals surface area contributed by atoms with E-state index in [1.165, 1.54) is 12.1 Å². The first-order valence-electron chi connectivity index (χ1n) is 2.58. The van der Waals surface area contributed by atoms with Crippen LogP contribution in [0.3, 0.4) is 0 Å². The van der Waals surface area contributed by atoms with Gasteiger partial charge in [0.05, 0.1) is 0 Å². The van der Waals surface area contributed by atoms with Crippen LogP contribution in [-0.2, 0) is 6.73 Å². The molecule has 5 heteroatoms. The molecule has 0 radical (unpaired) electrons. The van der Waals surface area contributed by atoms with Crippen LogP contribution in [0.5, 0.6) is 0 Å². The molecule has 54 valence electrons. The van der Waals surface area contributed by atoms with Crippen LogP contribution in [0.1, 0.15) is 0 Å². The van der Waals surface area contributed by atoms with Gasteiger partial charge in [0, 0.05) is 6.07 Å². The molecule has 1 N–H and O–H groups in total. The highest BCUT2D eigenvalue weighted by Gasteiger charge is 1.93. The summed E-state index contributed by atoms with van der Waals surface area (Å²) in [6.07, 6.45) is 0. The molecule has 0 atom stereocenters. The largest absolute Gasteiger partial charge is 0.374 e. The predicted octanol–water partition coefficient (Wildman–Crippen LogP) is -0.0444. The molecule has 0 aromatic carbocycles. The number of aromatic nitrogens is 2. The second-order valence-electron chi connectivity index (χ2n) is 1.64. The standard InChI is InChI=1S/C5H5BrN2O2/c6-4-1-2-5(10)8(3-9)7-4/h1-2,9H,3H2. The lowest BCUT2D eigenvalue weighted by Gasteiger charge is -1.96. The molecule has 4 nitrogen and oxygen atoms in total. The van der Waals surface area contributed by atoms with Crippen molar-refractivity contribution in [1.82, 2.24) is 9.78 Å². The highest BCUT2D eigenvalue weighted by molar-refractivity contribution is 9.10. The summed E-state index contributed by atoms with van der Waals surface area (Å²) in [4.78, 5) is 10.7. The van der Waals surface area contributed by atoms with Gasteiger partial charge in [0.15, 0.2) is 0 Å². The molecule has 1 heterocycles. The van der Waals surface area contributed by atoms with Crippen molar-refractivity contribution >= 4 is 15.9 Å². The topological polar surface area (TPSA) is 55.1 Å².